The van der Waals surface area contributed by atoms with Crippen LogP contribution in [0.1, 0.15) is 11.1 Å². The lowest BCUT2D eigenvalue weighted by molar-refractivity contribution is 0.391. The van der Waals surface area contributed by atoms with Gasteiger partial charge in [-0.2, -0.15) is 0 Å². The molecule has 0 fully saturated rings. The van der Waals surface area contributed by atoms with Crippen LogP contribution >= 0.6 is 0 Å². The first-order valence-electron chi connectivity index (χ1n) is 6.08. The minimum Gasteiger partial charge on any atom is -0.505 e. The SMILES string of the molecule is Cc1ccccc1C1=CCN2C=CC=CC2=C1O. The molecule has 3 rings (SSSR count). The topological polar surface area (TPSA) is 23.5 Å². The molecule has 0 radical (unpaired) electrons. The molecular weight excluding hydrogens is 222 g/mol. The lowest BCUT2D eigenvalue weighted by atomic mass is 9.95. The number of allylic oxidation sites excluding steroid dienone is 4. The van der Waals surface area contributed by atoms with Gasteiger partial charge in [-0.15, -0.1) is 0 Å². The molecule has 1 aromatic rings. The Morgan fingerprint density at radius 1 is 1.17 bits per heavy atom. The second-order valence-corrected chi connectivity index (χ2v) is 4.52. The van der Waals surface area contributed by atoms with Crippen molar-refractivity contribution in [3.63, 3.8) is 0 Å². The van der Waals surface area contributed by atoms with Crippen molar-refractivity contribution in [2.24, 2.45) is 0 Å². The predicted octanol–water partition coefficient (Wildman–Crippen LogP) is 3.55. The number of aliphatic hydroxyl groups is 1. The van der Waals surface area contributed by atoms with Gasteiger partial charge in [0.2, 0.25) is 0 Å². The second kappa shape index (κ2) is 4.22. The molecule has 18 heavy (non-hydrogen) atoms. The average Bonchev–Trinajstić information content (AvgIpc) is 2.41. The molecule has 0 unspecified atom stereocenters. The van der Waals surface area contributed by atoms with Crippen molar-refractivity contribution < 1.29 is 5.11 Å². The zero-order valence-corrected chi connectivity index (χ0v) is 10.3. The van der Waals surface area contributed by atoms with Crippen LogP contribution in [0.25, 0.3) is 5.57 Å². The number of fused-ring (bicyclic) bond motifs is 1. The van der Waals surface area contributed by atoms with Gasteiger partial charge in [-0.3, -0.25) is 0 Å². The number of rotatable bonds is 1. The summed E-state index contributed by atoms with van der Waals surface area (Å²) in [5, 5.41) is 10.4. The molecule has 0 bridgehead atoms. The molecule has 0 aliphatic carbocycles. The van der Waals surface area contributed by atoms with Gasteiger partial charge in [-0.25, -0.2) is 0 Å². The Morgan fingerprint density at radius 2 is 2.00 bits per heavy atom. The van der Waals surface area contributed by atoms with E-state index in [-0.39, 0.29) is 0 Å². The van der Waals surface area contributed by atoms with Crippen molar-refractivity contribution in [3.05, 3.63) is 77.4 Å². The van der Waals surface area contributed by atoms with Crippen LogP contribution in [0.2, 0.25) is 0 Å². The Balaban J connectivity index is 2.08. The molecule has 90 valence electrons. The molecule has 1 N–H and O–H groups in total. The largest absolute Gasteiger partial charge is 0.505 e. The second-order valence-electron chi connectivity index (χ2n) is 4.52. The molecule has 1 aromatic carbocycles. The van der Waals surface area contributed by atoms with E-state index in [1.54, 1.807) is 0 Å². The average molecular weight is 237 g/mol. The maximum absolute atomic E-state index is 10.4. The summed E-state index contributed by atoms with van der Waals surface area (Å²) in [4.78, 5) is 2.04. The number of aryl methyl sites for hydroxylation is 1. The molecule has 2 aliphatic rings. The number of aliphatic hydroxyl groups excluding tert-OH is 1. The van der Waals surface area contributed by atoms with Crippen molar-refractivity contribution in [2.45, 2.75) is 6.92 Å². The molecule has 2 aliphatic heterocycles. The van der Waals surface area contributed by atoms with Crippen molar-refractivity contribution in [1.82, 2.24) is 4.90 Å². The Kier molecular flexibility index (Phi) is 2.56. The molecule has 2 heteroatoms. The van der Waals surface area contributed by atoms with Crippen LogP contribution in [0.5, 0.6) is 0 Å². The standard InChI is InChI=1S/C16H15NO/c1-12-6-2-3-7-13(12)14-9-11-17-10-5-4-8-15(17)16(14)18/h2-10,18H,11H2,1H3. The van der Waals surface area contributed by atoms with Gasteiger partial charge in [-0.1, -0.05) is 36.4 Å². The molecule has 0 atom stereocenters. The third-order valence-electron chi connectivity index (χ3n) is 3.37. The number of hydrogen-bond donors (Lipinski definition) is 1. The number of benzene rings is 1. The fourth-order valence-electron chi connectivity index (χ4n) is 2.39. The van der Waals surface area contributed by atoms with E-state index in [0.29, 0.717) is 5.76 Å². The van der Waals surface area contributed by atoms with E-state index in [1.165, 1.54) is 5.56 Å². The van der Waals surface area contributed by atoms with Crippen molar-refractivity contribution in [1.29, 1.82) is 0 Å². The zero-order chi connectivity index (χ0) is 12.5. The van der Waals surface area contributed by atoms with Gasteiger partial charge in [-0.05, 0) is 30.2 Å². The number of hydrogen-bond acceptors (Lipinski definition) is 2. The first-order valence-corrected chi connectivity index (χ1v) is 6.08. The summed E-state index contributed by atoms with van der Waals surface area (Å²) in [6.07, 6.45) is 9.92. The highest BCUT2D eigenvalue weighted by molar-refractivity contribution is 5.81. The Morgan fingerprint density at radius 3 is 2.83 bits per heavy atom. The third-order valence-corrected chi connectivity index (χ3v) is 3.37. The van der Waals surface area contributed by atoms with Crippen molar-refractivity contribution in [3.8, 4) is 0 Å². The van der Waals surface area contributed by atoms with Crippen LogP contribution in [0, 0.1) is 6.92 Å². The van der Waals surface area contributed by atoms with E-state index in [4.69, 9.17) is 0 Å². The van der Waals surface area contributed by atoms with Gasteiger partial charge in [0.05, 0.1) is 5.70 Å². The molecule has 0 saturated carbocycles. The van der Waals surface area contributed by atoms with Crippen LogP contribution < -0.4 is 0 Å². The summed E-state index contributed by atoms with van der Waals surface area (Å²) in [5.41, 5.74) is 4.09. The van der Waals surface area contributed by atoms with Crippen LogP contribution in [0.4, 0.5) is 0 Å². The minimum absolute atomic E-state index is 0.358. The third kappa shape index (κ3) is 1.66. The Labute approximate surface area is 107 Å². The molecule has 0 saturated heterocycles. The zero-order valence-electron chi connectivity index (χ0n) is 10.3. The Bertz CT molecular complexity index is 605. The van der Waals surface area contributed by atoms with Crippen molar-refractivity contribution >= 4 is 5.57 Å². The molecule has 0 amide bonds. The van der Waals surface area contributed by atoms with Crippen molar-refractivity contribution in [2.75, 3.05) is 6.54 Å². The van der Waals surface area contributed by atoms with E-state index >= 15 is 0 Å². The molecule has 2 nitrogen and oxygen atoms in total. The minimum atomic E-state index is 0.358. The molecule has 2 heterocycles. The molecule has 0 aromatic heterocycles. The highest BCUT2D eigenvalue weighted by atomic mass is 16.3. The van der Waals surface area contributed by atoms with E-state index in [1.807, 2.05) is 41.5 Å². The van der Waals surface area contributed by atoms with Gasteiger partial charge in [0.15, 0.2) is 0 Å². The normalized spacial score (nSPS) is 17.8. The first-order chi connectivity index (χ1) is 8.77. The summed E-state index contributed by atoms with van der Waals surface area (Å²) >= 11 is 0. The van der Waals surface area contributed by atoms with E-state index < -0.39 is 0 Å². The van der Waals surface area contributed by atoms with Crippen LogP contribution in [-0.4, -0.2) is 16.6 Å². The van der Waals surface area contributed by atoms with Gasteiger partial charge in [0.25, 0.3) is 0 Å². The summed E-state index contributed by atoms with van der Waals surface area (Å²) in [5.74, 6) is 0.358. The predicted molar refractivity (Wildman–Crippen MR) is 73.8 cm³/mol. The Hall–Kier alpha value is -2.22. The fourth-order valence-corrected chi connectivity index (χ4v) is 2.39. The van der Waals surface area contributed by atoms with Gasteiger partial charge < -0.3 is 10.0 Å². The highest BCUT2D eigenvalue weighted by Crippen LogP contribution is 2.32. The summed E-state index contributed by atoms with van der Waals surface area (Å²) in [7, 11) is 0. The summed E-state index contributed by atoms with van der Waals surface area (Å²) in [6, 6.07) is 8.14. The first kappa shape index (κ1) is 10.9. The van der Waals surface area contributed by atoms with E-state index in [9.17, 15) is 5.11 Å². The van der Waals surface area contributed by atoms with E-state index in [0.717, 1.165) is 23.4 Å². The van der Waals surface area contributed by atoms with Gasteiger partial charge >= 0.3 is 0 Å². The fraction of sp³-hybridized carbons (Fsp3) is 0.125. The molecular formula is C16H15NO. The quantitative estimate of drug-likeness (QED) is 0.807. The highest BCUT2D eigenvalue weighted by Gasteiger charge is 2.21. The lowest BCUT2D eigenvalue weighted by Crippen LogP contribution is -2.23. The van der Waals surface area contributed by atoms with Crippen LogP contribution in [0.15, 0.2) is 66.2 Å². The summed E-state index contributed by atoms with van der Waals surface area (Å²) in [6.45, 7) is 2.86. The lowest BCUT2D eigenvalue weighted by Gasteiger charge is -2.28. The van der Waals surface area contributed by atoms with Crippen LogP contribution in [0.3, 0.4) is 0 Å². The monoisotopic (exact) mass is 237 g/mol. The maximum atomic E-state index is 10.4. The summed E-state index contributed by atoms with van der Waals surface area (Å²) < 4.78 is 0. The van der Waals surface area contributed by atoms with Crippen LogP contribution in [-0.2, 0) is 0 Å². The smallest absolute Gasteiger partial charge is 0.146 e. The van der Waals surface area contributed by atoms with E-state index in [2.05, 4.69) is 25.1 Å². The number of nitrogens with zero attached hydrogens (tertiary/aromatic N) is 1. The van der Waals surface area contributed by atoms with Gasteiger partial charge in [0.1, 0.15) is 5.76 Å². The maximum Gasteiger partial charge on any atom is 0.146 e. The molecule has 0 spiro atoms. The van der Waals surface area contributed by atoms with Gasteiger partial charge in [0, 0.05) is 18.3 Å².